The van der Waals surface area contributed by atoms with Gasteiger partial charge in [-0.1, -0.05) is 41.4 Å². The first kappa shape index (κ1) is 19.4. The van der Waals surface area contributed by atoms with E-state index in [0.717, 1.165) is 11.1 Å². The summed E-state index contributed by atoms with van der Waals surface area (Å²) in [7, 11) is -3.55. The lowest BCUT2D eigenvalue weighted by atomic mass is 10.1. The first-order valence-corrected chi connectivity index (χ1v) is 9.80. The molecule has 2 aromatic rings. The Morgan fingerprint density at radius 1 is 1.08 bits per heavy atom. The minimum absolute atomic E-state index is 0.130. The van der Waals surface area contributed by atoms with Crippen LogP contribution in [-0.2, 0) is 21.2 Å². The third kappa shape index (κ3) is 6.49. The molecule has 0 heterocycles. The first-order valence-electron chi connectivity index (χ1n) is 7.94. The van der Waals surface area contributed by atoms with Gasteiger partial charge in [-0.2, -0.15) is 0 Å². The predicted molar refractivity (Wildman–Crippen MR) is 99.2 cm³/mol. The number of benzene rings is 2. The van der Waals surface area contributed by atoms with Crippen molar-refractivity contribution in [2.75, 3.05) is 13.1 Å². The highest BCUT2D eigenvalue weighted by Crippen LogP contribution is 2.12. The number of carbonyl (C=O) groups excluding carboxylic acids is 1. The van der Waals surface area contributed by atoms with Gasteiger partial charge in [-0.25, -0.2) is 13.1 Å². The molecule has 0 spiro atoms. The maximum absolute atomic E-state index is 12.1. The van der Waals surface area contributed by atoms with Crippen LogP contribution in [0.3, 0.4) is 0 Å². The van der Waals surface area contributed by atoms with Crippen molar-refractivity contribution in [2.45, 2.75) is 24.7 Å². The van der Waals surface area contributed by atoms with Gasteiger partial charge in [0.2, 0.25) is 15.9 Å². The highest BCUT2D eigenvalue weighted by molar-refractivity contribution is 7.89. The fourth-order valence-corrected chi connectivity index (χ4v) is 3.47. The van der Waals surface area contributed by atoms with E-state index in [2.05, 4.69) is 10.0 Å². The Balaban J connectivity index is 1.71. The molecule has 0 atom stereocenters. The monoisotopic (exact) mass is 380 g/mol. The molecule has 2 N–H and O–H groups in total. The average molecular weight is 381 g/mol. The lowest BCUT2D eigenvalue weighted by Crippen LogP contribution is -2.34. The first-order chi connectivity index (χ1) is 11.9. The second-order valence-electron chi connectivity index (χ2n) is 5.69. The number of rotatable bonds is 8. The maximum Gasteiger partial charge on any atom is 0.240 e. The summed E-state index contributed by atoms with van der Waals surface area (Å²) in [6.45, 7) is 2.27. The average Bonchev–Trinajstić information content (AvgIpc) is 2.57. The van der Waals surface area contributed by atoms with Gasteiger partial charge in [0.15, 0.2) is 0 Å². The van der Waals surface area contributed by atoms with Crippen LogP contribution in [-0.4, -0.2) is 27.4 Å². The van der Waals surface area contributed by atoms with Crippen molar-refractivity contribution in [3.8, 4) is 0 Å². The molecule has 0 saturated carbocycles. The molecular weight excluding hydrogens is 360 g/mol. The zero-order chi connectivity index (χ0) is 18.3. The molecule has 0 bridgehead atoms. The number of hydrogen-bond acceptors (Lipinski definition) is 3. The van der Waals surface area contributed by atoms with E-state index in [9.17, 15) is 13.2 Å². The van der Waals surface area contributed by atoms with Crippen molar-refractivity contribution in [3.05, 3.63) is 64.7 Å². The summed E-state index contributed by atoms with van der Waals surface area (Å²) in [5.74, 6) is -0.130. The molecule has 2 aromatic carbocycles. The van der Waals surface area contributed by atoms with E-state index in [1.807, 2.05) is 25.1 Å². The fourth-order valence-electron chi connectivity index (χ4n) is 2.23. The normalized spacial score (nSPS) is 11.3. The number of sulfonamides is 1. The minimum atomic E-state index is -3.55. The van der Waals surface area contributed by atoms with Crippen LogP contribution in [0.15, 0.2) is 53.4 Å². The van der Waals surface area contributed by atoms with E-state index in [-0.39, 0.29) is 23.9 Å². The zero-order valence-corrected chi connectivity index (χ0v) is 15.5. The van der Waals surface area contributed by atoms with Crippen molar-refractivity contribution in [1.29, 1.82) is 0 Å². The number of hydrogen-bond donors (Lipinski definition) is 2. The predicted octanol–water partition coefficient (Wildman–Crippen LogP) is 2.68. The lowest BCUT2D eigenvalue weighted by molar-refractivity contribution is -0.121. The van der Waals surface area contributed by atoms with Gasteiger partial charge in [0.05, 0.1) is 4.90 Å². The van der Waals surface area contributed by atoms with Crippen molar-refractivity contribution in [3.63, 3.8) is 0 Å². The highest BCUT2D eigenvalue weighted by atomic mass is 35.5. The minimum Gasteiger partial charge on any atom is -0.355 e. The summed E-state index contributed by atoms with van der Waals surface area (Å²) in [5.41, 5.74) is 1.98. The summed E-state index contributed by atoms with van der Waals surface area (Å²) in [4.78, 5) is 12.0. The van der Waals surface area contributed by atoms with Gasteiger partial charge in [0, 0.05) is 24.5 Å². The lowest BCUT2D eigenvalue weighted by Gasteiger charge is -2.08. The standard InChI is InChI=1S/C18H21ClN2O3S/c1-14-5-8-17(9-6-14)25(23,24)21-12-11-20-18(22)10-7-15-3-2-4-16(19)13-15/h2-6,8-9,13,21H,7,10-12H2,1H3,(H,20,22). The molecule has 2 rings (SSSR count). The maximum atomic E-state index is 12.1. The Bertz CT molecular complexity index is 820. The molecule has 1 amide bonds. The molecule has 5 nitrogen and oxygen atoms in total. The molecule has 0 aliphatic rings. The van der Waals surface area contributed by atoms with Gasteiger partial charge in [-0.3, -0.25) is 4.79 Å². The highest BCUT2D eigenvalue weighted by Gasteiger charge is 2.12. The van der Waals surface area contributed by atoms with Crippen LogP contribution in [0.25, 0.3) is 0 Å². The summed E-state index contributed by atoms with van der Waals surface area (Å²) in [6, 6.07) is 14.0. The van der Waals surface area contributed by atoms with E-state index in [0.29, 0.717) is 17.9 Å². The van der Waals surface area contributed by atoms with E-state index < -0.39 is 10.0 Å². The van der Waals surface area contributed by atoms with Crippen molar-refractivity contribution in [2.24, 2.45) is 0 Å². The summed E-state index contributed by atoms with van der Waals surface area (Å²) >= 11 is 5.90. The molecule has 0 fully saturated rings. The fraction of sp³-hybridized carbons (Fsp3) is 0.278. The zero-order valence-electron chi connectivity index (χ0n) is 14.0. The van der Waals surface area contributed by atoms with Crippen molar-refractivity contribution < 1.29 is 13.2 Å². The van der Waals surface area contributed by atoms with Gasteiger partial charge >= 0.3 is 0 Å². The summed E-state index contributed by atoms with van der Waals surface area (Å²) in [5, 5.41) is 3.34. The number of aryl methyl sites for hydroxylation is 2. The molecule has 25 heavy (non-hydrogen) atoms. The molecule has 0 aromatic heterocycles. The Hall–Kier alpha value is -1.89. The Morgan fingerprint density at radius 2 is 1.80 bits per heavy atom. The summed E-state index contributed by atoms with van der Waals surface area (Å²) in [6.07, 6.45) is 0.909. The third-order valence-corrected chi connectivity index (χ3v) is 5.31. The van der Waals surface area contributed by atoms with Crippen LogP contribution in [0.4, 0.5) is 0 Å². The van der Waals surface area contributed by atoms with Crippen LogP contribution < -0.4 is 10.0 Å². The van der Waals surface area contributed by atoms with Crippen LogP contribution in [0, 0.1) is 6.92 Å². The van der Waals surface area contributed by atoms with Crippen LogP contribution in [0.2, 0.25) is 5.02 Å². The second kappa shape index (κ2) is 8.99. The van der Waals surface area contributed by atoms with Gasteiger partial charge in [-0.05, 0) is 43.2 Å². The van der Waals surface area contributed by atoms with Crippen LogP contribution in [0.5, 0.6) is 0 Å². The molecular formula is C18H21ClN2O3S. The Morgan fingerprint density at radius 3 is 2.48 bits per heavy atom. The summed E-state index contributed by atoms with van der Waals surface area (Å²) < 4.78 is 26.7. The SMILES string of the molecule is Cc1ccc(S(=O)(=O)NCCNC(=O)CCc2cccc(Cl)c2)cc1. The number of nitrogens with one attached hydrogen (secondary N) is 2. The van der Waals surface area contributed by atoms with Crippen LogP contribution >= 0.6 is 11.6 Å². The quantitative estimate of drug-likeness (QED) is 0.691. The van der Waals surface area contributed by atoms with Crippen molar-refractivity contribution in [1.82, 2.24) is 10.0 Å². The van der Waals surface area contributed by atoms with Crippen molar-refractivity contribution >= 4 is 27.5 Å². The number of carbonyl (C=O) groups is 1. The largest absolute Gasteiger partial charge is 0.355 e. The molecule has 0 saturated heterocycles. The van der Waals surface area contributed by atoms with Gasteiger partial charge < -0.3 is 5.32 Å². The number of halogens is 1. The van der Waals surface area contributed by atoms with Gasteiger partial charge in [0.25, 0.3) is 0 Å². The second-order valence-corrected chi connectivity index (χ2v) is 7.89. The topological polar surface area (TPSA) is 75.3 Å². The molecule has 0 radical (unpaired) electrons. The Kier molecular flexibility index (Phi) is 6.99. The van der Waals surface area contributed by atoms with Crippen LogP contribution in [0.1, 0.15) is 17.5 Å². The van der Waals surface area contributed by atoms with Gasteiger partial charge in [0.1, 0.15) is 0 Å². The molecule has 0 aliphatic carbocycles. The van der Waals surface area contributed by atoms with E-state index in [4.69, 9.17) is 11.6 Å². The molecule has 0 unspecified atom stereocenters. The molecule has 7 heteroatoms. The number of amides is 1. The molecule has 0 aliphatic heterocycles. The van der Waals surface area contributed by atoms with Gasteiger partial charge in [-0.15, -0.1) is 0 Å². The smallest absolute Gasteiger partial charge is 0.240 e. The molecule has 134 valence electrons. The van der Waals surface area contributed by atoms with E-state index in [1.165, 1.54) is 0 Å². The van der Waals surface area contributed by atoms with E-state index >= 15 is 0 Å². The third-order valence-electron chi connectivity index (χ3n) is 3.60. The van der Waals surface area contributed by atoms with E-state index in [1.54, 1.807) is 30.3 Å². The Labute approximate surface area is 153 Å².